The molecule has 2 atom stereocenters. The molecule has 0 amide bonds. The standard InChI is InChI=1S/C19H22O/c1-18(2)16-12-13-19(18,3)17(20)15(16)11-7-10-14-8-5-4-6-9-14/h4-11,16H,12-13H2,1-3H3/b10-7+,15-11+. The first-order valence-electron chi connectivity index (χ1n) is 7.45. The number of ketones is 1. The van der Waals surface area contributed by atoms with E-state index in [2.05, 4.69) is 39.0 Å². The van der Waals surface area contributed by atoms with Crippen molar-refractivity contribution in [3.05, 3.63) is 53.6 Å². The van der Waals surface area contributed by atoms with Gasteiger partial charge in [0.1, 0.15) is 0 Å². The highest BCUT2D eigenvalue weighted by atomic mass is 16.1. The maximum Gasteiger partial charge on any atom is 0.165 e. The van der Waals surface area contributed by atoms with E-state index in [0.717, 1.165) is 18.4 Å². The lowest BCUT2D eigenvalue weighted by Crippen LogP contribution is -2.32. The Bertz CT molecular complexity index is 591. The van der Waals surface area contributed by atoms with Crippen LogP contribution in [0.5, 0.6) is 0 Å². The zero-order valence-corrected chi connectivity index (χ0v) is 12.5. The molecular formula is C19H22O. The van der Waals surface area contributed by atoms with Crippen LogP contribution in [0, 0.1) is 16.7 Å². The highest BCUT2D eigenvalue weighted by molar-refractivity contribution is 6.05. The lowest BCUT2D eigenvalue weighted by Gasteiger charge is -2.31. The Balaban J connectivity index is 1.88. The minimum Gasteiger partial charge on any atom is -0.294 e. The van der Waals surface area contributed by atoms with Crippen LogP contribution >= 0.6 is 0 Å². The number of hydrogen-bond acceptors (Lipinski definition) is 1. The second-order valence-corrected chi connectivity index (χ2v) is 6.87. The summed E-state index contributed by atoms with van der Waals surface area (Å²) in [6.07, 6.45) is 8.35. The van der Waals surface area contributed by atoms with Gasteiger partial charge in [0.05, 0.1) is 0 Å². The third-order valence-corrected chi connectivity index (χ3v) is 5.73. The van der Waals surface area contributed by atoms with Crippen LogP contribution in [0.1, 0.15) is 39.2 Å². The summed E-state index contributed by atoms with van der Waals surface area (Å²) in [4.78, 5) is 12.6. The fraction of sp³-hybridized carbons (Fsp3) is 0.421. The molecular weight excluding hydrogens is 244 g/mol. The lowest BCUT2D eigenvalue weighted by atomic mass is 9.70. The molecule has 0 aliphatic heterocycles. The topological polar surface area (TPSA) is 17.1 Å². The van der Waals surface area contributed by atoms with E-state index in [-0.39, 0.29) is 10.8 Å². The Labute approximate surface area is 121 Å². The van der Waals surface area contributed by atoms with Gasteiger partial charge in [-0.2, -0.15) is 0 Å². The smallest absolute Gasteiger partial charge is 0.165 e. The van der Waals surface area contributed by atoms with Gasteiger partial charge in [0.25, 0.3) is 0 Å². The lowest BCUT2D eigenvalue weighted by molar-refractivity contribution is -0.125. The predicted octanol–water partition coefficient (Wildman–Crippen LogP) is 4.65. The van der Waals surface area contributed by atoms with Crippen LogP contribution < -0.4 is 0 Å². The Kier molecular flexibility index (Phi) is 2.97. The fourth-order valence-corrected chi connectivity index (χ4v) is 3.95. The van der Waals surface area contributed by atoms with E-state index in [1.807, 2.05) is 30.4 Å². The molecule has 2 saturated carbocycles. The number of fused-ring (bicyclic) bond motifs is 2. The van der Waals surface area contributed by atoms with Crippen LogP contribution in [0.3, 0.4) is 0 Å². The van der Waals surface area contributed by atoms with Crippen molar-refractivity contribution >= 4 is 11.9 Å². The number of benzene rings is 1. The molecule has 0 spiro atoms. The van der Waals surface area contributed by atoms with Crippen LogP contribution in [0.4, 0.5) is 0 Å². The van der Waals surface area contributed by atoms with E-state index in [4.69, 9.17) is 0 Å². The molecule has 2 fully saturated rings. The van der Waals surface area contributed by atoms with Crippen LogP contribution in [0.25, 0.3) is 6.08 Å². The molecule has 20 heavy (non-hydrogen) atoms. The molecule has 0 saturated heterocycles. The van der Waals surface area contributed by atoms with E-state index in [0.29, 0.717) is 11.7 Å². The third kappa shape index (κ3) is 1.72. The van der Waals surface area contributed by atoms with Gasteiger partial charge in [0.15, 0.2) is 5.78 Å². The van der Waals surface area contributed by atoms with Crippen molar-refractivity contribution in [1.29, 1.82) is 0 Å². The first kappa shape index (κ1) is 13.4. The van der Waals surface area contributed by atoms with Gasteiger partial charge in [-0.05, 0) is 35.3 Å². The van der Waals surface area contributed by atoms with Crippen molar-refractivity contribution < 1.29 is 4.79 Å². The van der Waals surface area contributed by atoms with E-state index in [1.54, 1.807) is 0 Å². The number of rotatable bonds is 2. The van der Waals surface area contributed by atoms with Crippen molar-refractivity contribution in [2.45, 2.75) is 33.6 Å². The quantitative estimate of drug-likeness (QED) is 0.712. The number of carbonyl (C=O) groups is 1. The molecule has 1 aromatic carbocycles. The zero-order valence-electron chi connectivity index (χ0n) is 12.5. The second kappa shape index (κ2) is 4.44. The van der Waals surface area contributed by atoms with Crippen molar-refractivity contribution in [2.75, 3.05) is 0 Å². The average Bonchev–Trinajstić information content (AvgIpc) is 2.74. The molecule has 1 nitrogen and oxygen atoms in total. The maximum atomic E-state index is 12.6. The highest BCUT2D eigenvalue weighted by Gasteiger charge is 2.63. The summed E-state index contributed by atoms with van der Waals surface area (Å²) in [5, 5.41) is 0. The third-order valence-electron chi connectivity index (χ3n) is 5.73. The Morgan fingerprint density at radius 1 is 1.15 bits per heavy atom. The molecule has 0 radical (unpaired) electrons. The largest absolute Gasteiger partial charge is 0.294 e. The minimum absolute atomic E-state index is 0.108. The minimum atomic E-state index is -0.149. The van der Waals surface area contributed by atoms with Crippen LogP contribution in [-0.2, 0) is 4.79 Å². The Hall–Kier alpha value is -1.63. The molecule has 2 bridgehead atoms. The van der Waals surface area contributed by atoms with Gasteiger partial charge in [0.2, 0.25) is 0 Å². The summed E-state index contributed by atoms with van der Waals surface area (Å²) < 4.78 is 0. The maximum absolute atomic E-state index is 12.6. The molecule has 2 aliphatic rings. The van der Waals surface area contributed by atoms with Gasteiger partial charge in [0, 0.05) is 5.41 Å². The first-order chi connectivity index (χ1) is 9.47. The monoisotopic (exact) mass is 266 g/mol. The number of carbonyl (C=O) groups excluding carboxylic acids is 1. The van der Waals surface area contributed by atoms with E-state index < -0.39 is 0 Å². The van der Waals surface area contributed by atoms with Gasteiger partial charge in [-0.15, -0.1) is 0 Å². The molecule has 3 rings (SSSR count). The van der Waals surface area contributed by atoms with Crippen LogP contribution in [0.2, 0.25) is 0 Å². The number of allylic oxidation sites excluding steroid dienone is 3. The van der Waals surface area contributed by atoms with Gasteiger partial charge in [-0.3, -0.25) is 4.79 Å². The Morgan fingerprint density at radius 2 is 1.85 bits per heavy atom. The van der Waals surface area contributed by atoms with E-state index in [1.165, 1.54) is 5.56 Å². The van der Waals surface area contributed by atoms with Crippen molar-refractivity contribution in [2.24, 2.45) is 16.7 Å². The zero-order chi connectivity index (χ0) is 14.4. The summed E-state index contributed by atoms with van der Waals surface area (Å²) in [6, 6.07) is 10.2. The SMILES string of the molecule is CC12CCC(/C(=C\C=C\c3ccccc3)C1=O)C2(C)C. The number of hydrogen-bond donors (Lipinski definition) is 0. The molecule has 2 aliphatic carbocycles. The summed E-state index contributed by atoms with van der Waals surface area (Å²) in [7, 11) is 0. The van der Waals surface area contributed by atoms with Gasteiger partial charge < -0.3 is 0 Å². The van der Waals surface area contributed by atoms with Crippen molar-refractivity contribution in [3.63, 3.8) is 0 Å². The van der Waals surface area contributed by atoms with Gasteiger partial charge in [-0.1, -0.05) is 69.3 Å². The van der Waals surface area contributed by atoms with E-state index in [9.17, 15) is 4.79 Å². The molecule has 1 aromatic rings. The molecule has 0 N–H and O–H groups in total. The second-order valence-electron chi connectivity index (χ2n) is 6.87. The van der Waals surface area contributed by atoms with Gasteiger partial charge in [-0.25, -0.2) is 0 Å². The number of Topliss-reactive ketones (excluding diaryl/α,β-unsaturated/α-hetero) is 1. The van der Waals surface area contributed by atoms with Crippen LogP contribution in [-0.4, -0.2) is 5.78 Å². The fourth-order valence-electron chi connectivity index (χ4n) is 3.95. The molecule has 0 aromatic heterocycles. The molecule has 1 heteroatoms. The summed E-state index contributed by atoms with van der Waals surface area (Å²) in [5.41, 5.74) is 2.17. The summed E-state index contributed by atoms with van der Waals surface area (Å²) in [5.74, 6) is 0.803. The van der Waals surface area contributed by atoms with Crippen molar-refractivity contribution in [1.82, 2.24) is 0 Å². The molecule has 104 valence electrons. The first-order valence-corrected chi connectivity index (χ1v) is 7.45. The highest BCUT2D eigenvalue weighted by Crippen LogP contribution is 2.65. The molecule has 0 heterocycles. The predicted molar refractivity (Wildman–Crippen MR) is 83.2 cm³/mol. The van der Waals surface area contributed by atoms with E-state index >= 15 is 0 Å². The summed E-state index contributed by atoms with van der Waals surface area (Å²) in [6.45, 7) is 6.66. The normalized spacial score (nSPS) is 33.5. The Morgan fingerprint density at radius 3 is 2.45 bits per heavy atom. The average molecular weight is 266 g/mol. The van der Waals surface area contributed by atoms with Crippen LogP contribution in [0.15, 0.2) is 48.1 Å². The molecule has 2 unspecified atom stereocenters. The van der Waals surface area contributed by atoms with Crippen molar-refractivity contribution in [3.8, 4) is 0 Å². The van der Waals surface area contributed by atoms with Gasteiger partial charge >= 0.3 is 0 Å². The summed E-state index contributed by atoms with van der Waals surface area (Å²) >= 11 is 0.